The fourth-order valence-corrected chi connectivity index (χ4v) is 3.29. The minimum Gasteiger partial charge on any atom is -0.309 e. The van der Waals surface area contributed by atoms with Crippen molar-refractivity contribution in [2.75, 3.05) is 19.6 Å². The lowest BCUT2D eigenvalue weighted by molar-refractivity contribution is 0.125. The summed E-state index contributed by atoms with van der Waals surface area (Å²) in [5, 5.41) is 3.60. The summed E-state index contributed by atoms with van der Waals surface area (Å²) in [6.45, 7) is 7.75. The van der Waals surface area contributed by atoms with Crippen LogP contribution in [0.25, 0.3) is 0 Å². The fraction of sp³-hybridized carbons (Fsp3) is 0.368. The molecule has 0 unspecified atom stereocenters. The molecule has 1 N–H and O–H groups in total. The molecule has 1 aliphatic heterocycles. The van der Waals surface area contributed by atoms with Crippen molar-refractivity contribution in [2.24, 2.45) is 0 Å². The predicted octanol–water partition coefficient (Wildman–Crippen LogP) is 3.46. The predicted molar refractivity (Wildman–Crippen MR) is 88.4 cm³/mol. The van der Waals surface area contributed by atoms with Crippen LogP contribution >= 0.6 is 0 Å². The second kappa shape index (κ2) is 6.00. The van der Waals surface area contributed by atoms with Crippen LogP contribution in [-0.2, 0) is 0 Å². The van der Waals surface area contributed by atoms with E-state index in [-0.39, 0.29) is 5.54 Å². The van der Waals surface area contributed by atoms with Gasteiger partial charge in [0.15, 0.2) is 0 Å². The van der Waals surface area contributed by atoms with Gasteiger partial charge in [-0.25, -0.2) is 0 Å². The lowest BCUT2D eigenvalue weighted by atomic mass is 9.93. The van der Waals surface area contributed by atoms with Gasteiger partial charge in [0.1, 0.15) is 0 Å². The highest BCUT2D eigenvalue weighted by Gasteiger charge is 2.31. The third-order valence-electron chi connectivity index (χ3n) is 4.20. The van der Waals surface area contributed by atoms with Gasteiger partial charge >= 0.3 is 0 Å². The van der Waals surface area contributed by atoms with Crippen molar-refractivity contribution in [3.05, 3.63) is 71.8 Å². The second-order valence-corrected chi connectivity index (χ2v) is 6.51. The van der Waals surface area contributed by atoms with E-state index in [1.165, 1.54) is 11.1 Å². The van der Waals surface area contributed by atoms with E-state index in [4.69, 9.17) is 0 Å². The Kier molecular flexibility index (Phi) is 4.09. The Bertz CT molecular complexity index is 523. The SMILES string of the molecule is CC1(C)CN(C(c2ccccc2)c2ccccc2)CCN1. The third kappa shape index (κ3) is 3.34. The Morgan fingerprint density at radius 2 is 1.43 bits per heavy atom. The van der Waals surface area contributed by atoms with Crippen LogP contribution < -0.4 is 5.32 Å². The fourth-order valence-electron chi connectivity index (χ4n) is 3.29. The van der Waals surface area contributed by atoms with E-state index in [0.29, 0.717) is 6.04 Å². The molecule has 0 bridgehead atoms. The summed E-state index contributed by atoms with van der Waals surface area (Å²) in [6.07, 6.45) is 0. The van der Waals surface area contributed by atoms with Crippen LogP contribution in [0.3, 0.4) is 0 Å². The topological polar surface area (TPSA) is 15.3 Å². The van der Waals surface area contributed by atoms with Gasteiger partial charge in [-0.3, -0.25) is 4.90 Å². The standard InChI is InChI=1S/C19H24N2/c1-19(2)15-21(14-13-20-19)18(16-9-5-3-6-10-16)17-11-7-4-8-12-17/h3-12,18,20H,13-15H2,1-2H3. The molecule has 2 heteroatoms. The monoisotopic (exact) mass is 280 g/mol. The quantitative estimate of drug-likeness (QED) is 0.926. The Balaban J connectivity index is 1.97. The average molecular weight is 280 g/mol. The van der Waals surface area contributed by atoms with E-state index in [1.54, 1.807) is 0 Å². The van der Waals surface area contributed by atoms with Crippen LogP contribution in [-0.4, -0.2) is 30.1 Å². The van der Waals surface area contributed by atoms with Gasteiger partial charge in [0.05, 0.1) is 6.04 Å². The minimum absolute atomic E-state index is 0.167. The lowest BCUT2D eigenvalue weighted by Crippen LogP contribution is -2.57. The van der Waals surface area contributed by atoms with Crippen molar-refractivity contribution < 1.29 is 0 Å². The maximum absolute atomic E-state index is 3.60. The molecule has 110 valence electrons. The van der Waals surface area contributed by atoms with Crippen LogP contribution in [0.2, 0.25) is 0 Å². The molecule has 0 aromatic heterocycles. The van der Waals surface area contributed by atoms with Crippen LogP contribution in [0, 0.1) is 0 Å². The molecule has 3 rings (SSSR count). The number of hydrogen-bond donors (Lipinski definition) is 1. The van der Waals surface area contributed by atoms with Gasteiger partial charge in [-0.1, -0.05) is 60.7 Å². The minimum atomic E-state index is 0.167. The Hall–Kier alpha value is -1.64. The number of piperazine rings is 1. The molecule has 0 saturated carbocycles. The Labute approximate surface area is 127 Å². The van der Waals surface area contributed by atoms with Crippen LogP contribution in [0.4, 0.5) is 0 Å². The molecular weight excluding hydrogens is 256 g/mol. The Morgan fingerprint density at radius 1 is 0.905 bits per heavy atom. The van der Waals surface area contributed by atoms with Crippen LogP contribution in [0.1, 0.15) is 31.0 Å². The van der Waals surface area contributed by atoms with Gasteiger partial charge in [0.2, 0.25) is 0 Å². The maximum atomic E-state index is 3.60. The molecule has 2 nitrogen and oxygen atoms in total. The van der Waals surface area contributed by atoms with Gasteiger partial charge in [-0.15, -0.1) is 0 Å². The third-order valence-corrected chi connectivity index (χ3v) is 4.20. The zero-order valence-electron chi connectivity index (χ0n) is 12.9. The van der Waals surface area contributed by atoms with Crippen molar-refractivity contribution in [1.29, 1.82) is 0 Å². The normalized spacial score (nSPS) is 18.8. The van der Waals surface area contributed by atoms with Crippen molar-refractivity contribution >= 4 is 0 Å². The molecule has 21 heavy (non-hydrogen) atoms. The van der Waals surface area contributed by atoms with Gasteiger partial charge in [0, 0.05) is 25.2 Å². The first kappa shape index (κ1) is 14.3. The highest BCUT2D eigenvalue weighted by atomic mass is 15.2. The molecule has 0 amide bonds. The molecule has 2 aromatic rings. The van der Waals surface area contributed by atoms with Crippen molar-refractivity contribution in [3.63, 3.8) is 0 Å². The van der Waals surface area contributed by atoms with Crippen molar-refractivity contribution in [1.82, 2.24) is 10.2 Å². The first-order chi connectivity index (χ1) is 10.2. The summed E-state index contributed by atoms with van der Waals surface area (Å²) in [6, 6.07) is 22.0. The van der Waals surface area contributed by atoms with E-state index in [0.717, 1.165) is 19.6 Å². The molecule has 0 aliphatic carbocycles. The number of hydrogen-bond acceptors (Lipinski definition) is 2. The van der Waals surface area contributed by atoms with Crippen LogP contribution in [0.15, 0.2) is 60.7 Å². The highest BCUT2D eigenvalue weighted by Crippen LogP contribution is 2.30. The Morgan fingerprint density at radius 3 is 1.90 bits per heavy atom. The second-order valence-electron chi connectivity index (χ2n) is 6.51. The van der Waals surface area contributed by atoms with E-state index in [2.05, 4.69) is 84.7 Å². The smallest absolute Gasteiger partial charge is 0.0602 e. The first-order valence-corrected chi connectivity index (χ1v) is 7.75. The molecule has 1 saturated heterocycles. The van der Waals surface area contributed by atoms with Crippen molar-refractivity contribution in [3.8, 4) is 0 Å². The summed E-state index contributed by atoms with van der Waals surface area (Å²) in [5.74, 6) is 0. The number of nitrogens with one attached hydrogen (secondary N) is 1. The van der Waals surface area contributed by atoms with E-state index < -0.39 is 0 Å². The summed E-state index contributed by atoms with van der Waals surface area (Å²) < 4.78 is 0. The average Bonchev–Trinajstić information content (AvgIpc) is 2.49. The van der Waals surface area contributed by atoms with Gasteiger partial charge in [-0.05, 0) is 25.0 Å². The van der Waals surface area contributed by atoms with Gasteiger partial charge < -0.3 is 5.32 Å². The molecule has 2 aromatic carbocycles. The summed E-state index contributed by atoms with van der Waals surface area (Å²) >= 11 is 0. The number of nitrogens with zero attached hydrogens (tertiary/aromatic N) is 1. The number of benzene rings is 2. The van der Waals surface area contributed by atoms with Gasteiger partial charge in [-0.2, -0.15) is 0 Å². The molecule has 1 aliphatic rings. The molecule has 0 spiro atoms. The maximum Gasteiger partial charge on any atom is 0.0602 e. The summed E-state index contributed by atoms with van der Waals surface area (Å²) in [5.41, 5.74) is 2.92. The van der Waals surface area contributed by atoms with Crippen molar-refractivity contribution in [2.45, 2.75) is 25.4 Å². The van der Waals surface area contributed by atoms with E-state index in [1.807, 2.05) is 0 Å². The molecule has 1 heterocycles. The van der Waals surface area contributed by atoms with Gasteiger partial charge in [0.25, 0.3) is 0 Å². The van der Waals surface area contributed by atoms with E-state index in [9.17, 15) is 0 Å². The zero-order valence-corrected chi connectivity index (χ0v) is 12.9. The van der Waals surface area contributed by atoms with E-state index >= 15 is 0 Å². The highest BCUT2D eigenvalue weighted by molar-refractivity contribution is 5.32. The largest absolute Gasteiger partial charge is 0.309 e. The molecule has 0 radical (unpaired) electrons. The zero-order chi connectivity index (χ0) is 14.7. The number of rotatable bonds is 3. The lowest BCUT2D eigenvalue weighted by Gasteiger charge is -2.43. The van der Waals surface area contributed by atoms with Crippen LogP contribution in [0.5, 0.6) is 0 Å². The molecule has 0 atom stereocenters. The summed E-state index contributed by atoms with van der Waals surface area (Å²) in [4.78, 5) is 2.60. The summed E-state index contributed by atoms with van der Waals surface area (Å²) in [7, 11) is 0. The molecule has 1 fully saturated rings. The first-order valence-electron chi connectivity index (χ1n) is 7.75. The molecular formula is C19H24N2.